The largest absolute Gasteiger partial charge is 0.454 e. The lowest BCUT2D eigenvalue weighted by Crippen LogP contribution is -2.38. The molecule has 0 spiro atoms. The molecule has 1 aliphatic heterocycles. The van der Waals surface area contributed by atoms with Gasteiger partial charge in [-0.05, 0) is 38.3 Å². The van der Waals surface area contributed by atoms with Gasteiger partial charge in [0.25, 0.3) is 0 Å². The lowest BCUT2D eigenvalue weighted by Gasteiger charge is -2.27. The third-order valence-electron chi connectivity index (χ3n) is 3.87. The van der Waals surface area contributed by atoms with Crippen molar-refractivity contribution in [1.82, 2.24) is 0 Å². The van der Waals surface area contributed by atoms with E-state index in [0.29, 0.717) is 5.57 Å². The number of esters is 1. The number of aliphatic hydroxyl groups excluding tert-OH is 2. The molecule has 2 aliphatic rings. The number of fused-ring (bicyclic) bond motifs is 1. The second kappa shape index (κ2) is 5.31. The number of rotatable bonds is 0. The molecule has 0 unspecified atom stereocenters. The van der Waals surface area contributed by atoms with Gasteiger partial charge in [0, 0.05) is 5.57 Å². The van der Waals surface area contributed by atoms with Crippen LogP contribution in [0.5, 0.6) is 0 Å². The number of aliphatic hydroxyl groups is 2. The lowest BCUT2D eigenvalue weighted by atomic mass is 9.84. The average Bonchev–Trinajstić information content (AvgIpc) is 2.62. The summed E-state index contributed by atoms with van der Waals surface area (Å²) in [4.78, 5) is 11.6. The minimum Gasteiger partial charge on any atom is -0.454 e. The van der Waals surface area contributed by atoms with E-state index in [1.165, 1.54) is 0 Å². The molecule has 0 amide bonds. The molecule has 0 aromatic rings. The summed E-state index contributed by atoms with van der Waals surface area (Å²) in [5.41, 5.74) is 2.05. The Bertz CT molecular complexity index is 461. The molecule has 19 heavy (non-hydrogen) atoms. The normalized spacial score (nSPS) is 38.9. The molecule has 1 saturated heterocycles. The van der Waals surface area contributed by atoms with Crippen LogP contribution in [0.15, 0.2) is 35.5 Å². The van der Waals surface area contributed by atoms with Crippen molar-refractivity contribution in [3.8, 4) is 0 Å². The highest BCUT2D eigenvalue weighted by Crippen LogP contribution is 2.34. The average molecular weight is 264 g/mol. The van der Waals surface area contributed by atoms with Crippen molar-refractivity contribution >= 4 is 5.97 Å². The zero-order chi connectivity index (χ0) is 14.2. The van der Waals surface area contributed by atoms with Gasteiger partial charge in [0.2, 0.25) is 0 Å². The number of carbonyl (C=O) groups excluding carboxylic acids is 1. The Kier molecular flexibility index (Phi) is 3.92. The van der Waals surface area contributed by atoms with Crippen molar-refractivity contribution in [3.63, 3.8) is 0 Å². The summed E-state index contributed by atoms with van der Waals surface area (Å²) in [5, 5.41) is 20.4. The second-order valence-corrected chi connectivity index (χ2v) is 5.36. The van der Waals surface area contributed by atoms with Crippen LogP contribution in [0.4, 0.5) is 0 Å². The monoisotopic (exact) mass is 264 g/mol. The van der Waals surface area contributed by atoms with Crippen LogP contribution in [0.2, 0.25) is 0 Å². The standard InChI is InChI=1S/C15H20O4/c1-8-5-4-6-9(2)13(16)14(17)12-10(3)15(18)19-11(12)7-8/h6-7,11-14,16-17H,3-5H2,1-2H3/b8-7+,9-6?/t11-,12-,13+,14+/m0/s1. The lowest BCUT2D eigenvalue weighted by molar-refractivity contribution is -0.137. The quantitative estimate of drug-likeness (QED) is 0.395. The van der Waals surface area contributed by atoms with Crippen LogP contribution in [0.25, 0.3) is 0 Å². The van der Waals surface area contributed by atoms with Crippen LogP contribution in [-0.2, 0) is 9.53 Å². The Hall–Kier alpha value is -1.39. The van der Waals surface area contributed by atoms with Crippen LogP contribution in [0.3, 0.4) is 0 Å². The van der Waals surface area contributed by atoms with Crippen LogP contribution < -0.4 is 0 Å². The molecule has 0 radical (unpaired) electrons. The Morgan fingerprint density at radius 2 is 2.05 bits per heavy atom. The maximum Gasteiger partial charge on any atom is 0.334 e. The molecule has 0 saturated carbocycles. The first kappa shape index (κ1) is 14.0. The SMILES string of the molecule is C=C1C(=O)O[C@H]2/C=C(\C)CCC=C(C)[C@@H](O)[C@H](O)[C@@H]12. The fraction of sp³-hybridized carbons (Fsp3) is 0.533. The summed E-state index contributed by atoms with van der Waals surface area (Å²) in [5.74, 6) is -1.08. The topological polar surface area (TPSA) is 66.8 Å². The number of allylic oxidation sites excluding steroid dienone is 2. The van der Waals surface area contributed by atoms with Gasteiger partial charge in [0.15, 0.2) is 0 Å². The van der Waals surface area contributed by atoms with Crippen molar-refractivity contribution in [3.05, 3.63) is 35.5 Å². The van der Waals surface area contributed by atoms with Crippen LogP contribution >= 0.6 is 0 Å². The van der Waals surface area contributed by atoms with Crippen molar-refractivity contribution < 1.29 is 19.7 Å². The summed E-state index contributed by atoms with van der Waals surface area (Å²) >= 11 is 0. The molecule has 2 rings (SSSR count). The van der Waals surface area contributed by atoms with Crippen LogP contribution in [0, 0.1) is 5.92 Å². The Morgan fingerprint density at radius 1 is 1.37 bits per heavy atom. The Morgan fingerprint density at radius 3 is 2.74 bits per heavy atom. The van der Waals surface area contributed by atoms with Crippen molar-refractivity contribution in [1.29, 1.82) is 0 Å². The van der Waals surface area contributed by atoms with Gasteiger partial charge in [-0.3, -0.25) is 0 Å². The molecule has 0 bridgehead atoms. The smallest absolute Gasteiger partial charge is 0.334 e. The molecule has 0 aromatic carbocycles. The van der Waals surface area contributed by atoms with E-state index in [-0.39, 0.29) is 5.57 Å². The Balaban J connectivity index is 2.39. The summed E-state index contributed by atoms with van der Waals surface area (Å²) in [7, 11) is 0. The van der Waals surface area contributed by atoms with E-state index in [1.807, 2.05) is 19.1 Å². The third-order valence-corrected chi connectivity index (χ3v) is 3.87. The highest BCUT2D eigenvalue weighted by atomic mass is 16.6. The van der Waals surface area contributed by atoms with Gasteiger partial charge in [-0.1, -0.05) is 18.2 Å². The molecule has 4 atom stereocenters. The van der Waals surface area contributed by atoms with Crippen LogP contribution in [0.1, 0.15) is 26.7 Å². The Labute approximate surface area is 113 Å². The van der Waals surface area contributed by atoms with Crippen LogP contribution in [-0.4, -0.2) is 34.5 Å². The van der Waals surface area contributed by atoms with Crippen molar-refractivity contribution in [2.75, 3.05) is 0 Å². The molecular weight excluding hydrogens is 244 g/mol. The second-order valence-electron chi connectivity index (χ2n) is 5.36. The fourth-order valence-electron chi connectivity index (χ4n) is 2.62. The van der Waals surface area contributed by atoms with Gasteiger partial charge in [-0.25, -0.2) is 4.79 Å². The number of hydrogen-bond donors (Lipinski definition) is 2. The van der Waals surface area contributed by atoms with Gasteiger partial charge in [-0.15, -0.1) is 0 Å². The molecule has 0 aromatic heterocycles. The molecule has 104 valence electrons. The minimum absolute atomic E-state index is 0.231. The number of hydrogen-bond acceptors (Lipinski definition) is 4. The first-order chi connectivity index (χ1) is 8.91. The molecule has 4 heteroatoms. The van der Waals surface area contributed by atoms with E-state index in [4.69, 9.17) is 4.74 Å². The van der Waals surface area contributed by atoms with Gasteiger partial charge < -0.3 is 14.9 Å². The molecule has 1 aliphatic carbocycles. The first-order valence-corrected chi connectivity index (χ1v) is 6.51. The maximum atomic E-state index is 11.6. The van der Waals surface area contributed by atoms with Gasteiger partial charge >= 0.3 is 5.97 Å². The minimum atomic E-state index is -1.08. The molecule has 4 nitrogen and oxygen atoms in total. The molecule has 1 fully saturated rings. The van der Waals surface area contributed by atoms with Crippen molar-refractivity contribution in [2.24, 2.45) is 5.92 Å². The molecular formula is C15H20O4. The number of carbonyl (C=O) groups is 1. The van der Waals surface area contributed by atoms with Gasteiger partial charge in [0.05, 0.1) is 12.0 Å². The molecule has 1 heterocycles. The van der Waals surface area contributed by atoms with E-state index in [2.05, 4.69) is 6.58 Å². The van der Waals surface area contributed by atoms with Gasteiger partial charge in [-0.2, -0.15) is 0 Å². The third kappa shape index (κ3) is 2.65. The zero-order valence-corrected chi connectivity index (χ0v) is 11.3. The summed E-state index contributed by atoms with van der Waals surface area (Å²) in [6, 6.07) is 0. The van der Waals surface area contributed by atoms with E-state index < -0.39 is 30.2 Å². The predicted octanol–water partition coefficient (Wildman–Crippen LogP) is 1.49. The number of ether oxygens (including phenoxy) is 1. The predicted molar refractivity (Wildman–Crippen MR) is 71.3 cm³/mol. The molecule has 2 N–H and O–H groups in total. The summed E-state index contributed by atoms with van der Waals surface area (Å²) in [6.45, 7) is 7.44. The maximum absolute atomic E-state index is 11.6. The summed E-state index contributed by atoms with van der Waals surface area (Å²) < 4.78 is 5.23. The van der Waals surface area contributed by atoms with E-state index in [1.54, 1.807) is 6.92 Å². The highest BCUT2D eigenvalue weighted by Gasteiger charge is 2.44. The van der Waals surface area contributed by atoms with Crippen molar-refractivity contribution in [2.45, 2.75) is 45.0 Å². The zero-order valence-electron chi connectivity index (χ0n) is 11.3. The highest BCUT2D eigenvalue weighted by molar-refractivity contribution is 5.91. The van der Waals surface area contributed by atoms with E-state index in [0.717, 1.165) is 18.4 Å². The first-order valence-electron chi connectivity index (χ1n) is 6.51. The van der Waals surface area contributed by atoms with Gasteiger partial charge in [0.1, 0.15) is 12.2 Å². The van der Waals surface area contributed by atoms with E-state index in [9.17, 15) is 15.0 Å². The summed E-state index contributed by atoms with van der Waals surface area (Å²) in [6.07, 6.45) is 2.80. The fourth-order valence-corrected chi connectivity index (χ4v) is 2.62. The van der Waals surface area contributed by atoms with E-state index >= 15 is 0 Å².